The molecule has 0 saturated carbocycles. The van der Waals surface area contributed by atoms with Gasteiger partial charge in [-0.25, -0.2) is 0 Å². The highest BCUT2D eigenvalue weighted by molar-refractivity contribution is 7.27. The van der Waals surface area contributed by atoms with E-state index in [0.717, 1.165) is 0 Å². The first-order chi connectivity index (χ1) is 5.65. The van der Waals surface area contributed by atoms with E-state index in [1.165, 1.54) is 15.3 Å². The Morgan fingerprint density at radius 1 is 1.08 bits per heavy atom. The molecular weight excluding hydrogens is 192 g/mol. The zero-order valence-corrected chi connectivity index (χ0v) is 13.4. The van der Waals surface area contributed by atoms with E-state index in [9.17, 15) is 0 Å². The molecule has 1 rings (SSSR count). The molecule has 0 aliphatic heterocycles. The average Bonchev–Trinajstić information content (AvgIpc) is 1.96. The van der Waals surface area contributed by atoms with Crippen LogP contribution in [0.1, 0.15) is 16.7 Å². The number of hydrogen-bond acceptors (Lipinski definition) is 0. The molecule has 12 heavy (non-hydrogen) atoms. The highest BCUT2D eigenvalue weighted by Gasteiger charge is 2.01. The third-order valence-electron chi connectivity index (χ3n) is 2.34. The van der Waals surface area contributed by atoms with Crippen LogP contribution in [0.4, 0.5) is 0 Å². The number of hydrogen-bond donors (Lipinski definition) is 0. The zero-order valence-electron chi connectivity index (χ0n) is 8.57. The van der Waals surface area contributed by atoms with Crippen LogP contribution in [0.5, 0.6) is 0 Å². The van der Waals surface area contributed by atoms with Crippen LogP contribution in [0.2, 0.25) is 0 Å². The Kier molecular flexibility index (Phi) is 3.49. The van der Waals surface area contributed by atoms with Gasteiger partial charge in [0.05, 0.1) is 0 Å². The summed E-state index contributed by atoms with van der Waals surface area (Å²) in [4.78, 5) is 0. The molecule has 3 heteroatoms. The fraction of sp³-hybridized carbons (Fsp3) is 0.333. The molecule has 0 nitrogen and oxygen atoms in total. The second-order valence-corrected chi connectivity index (χ2v) is 19.3. The van der Waals surface area contributed by atoms with Crippen molar-refractivity contribution < 1.29 is 0 Å². The quantitative estimate of drug-likeness (QED) is 0.537. The van der Waals surface area contributed by atoms with Crippen molar-refractivity contribution in [1.29, 1.82) is 0 Å². The smallest absolute Gasteiger partial charge is 0.0396 e. The van der Waals surface area contributed by atoms with E-state index in [2.05, 4.69) is 32.9 Å². The normalized spacial score (nSPS) is 12.6. The van der Waals surface area contributed by atoms with E-state index in [4.69, 9.17) is 0 Å². The van der Waals surface area contributed by atoms with Crippen molar-refractivity contribution in [3.63, 3.8) is 0 Å². The summed E-state index contributed by atoms with van der Waals surface area (Å²) in [6, 6.07) is 4.70. The molecular formula is C9H18Si3. The number of benzene rings is 1. The largest absolute Gasteiger partial charge is 0.0647 e. The fourth-order valence-corrected chi connectivity index (χ4v) is 11.7. The molecule has 0 unspecified atom stereocenters. The minimum atomic E-state index is 0.226. The fourth-order valence-electron chi connectivity index (χ4n) is 1.85. The van der Waals surface area contributed by atoms with Gasteiger partial charge in [-0.05, 0) is 39.1 Å². The van der Waals surface area contributed by atoms with Gasteiger partial charge in [0.2, 0.25) is 0 Å². The lowest BCUT2D eigenvalue weighted by atomic mass is 10.1. The Bertz CT molecular complexity index is 258. The van der Waals surface area contributed by atoms with E-state index in [1.54, 1.807) is 16.3 Å². The van der Waals surface area contributed by atoms with Gasteiger partial charge < -0.3 is 0 Å². The summed E-state index contributed by atoms with van der Waals surface area (Å²) in [5.41, 5.74) is 4.57. The van der Waals surface area contributed by atoms with Gasteiger partial charge in [-0.2, -0.15) is 0 Å². The molecule has 0 aliphatic carbocycles. The Morgan fingerprint density at radius 3 is 2.00 bits per heavy atom. The molecule has 0 bridgehead atoms. The minimum absolute atomic E-state index is 0.226. The first kappa shape index (κ1) is 9.95. The third kappa shape index (κ3) is 2.18. The van der Waals surface area contributed by atoms with Crippen LogP contribution in [0.15, 0.2) is 12.1 Å². The van der Waals surface area contributed by atoms with Crippen molar-refractivity contribution in [2.75, 3.05) is 0 Å². The maximum absolute atomic E-state index is 2.35. The molecule has 0 radical (unpaired) electrons. The summed E-state index contributed by atoms with van der Waals surface area (Å²) in [6.45, 7) is 6.77. The van der Waals surface area contributed by atoms with Crippen LogP contribution in [-0.2, 0) is 0 Å². The number of aryl methyl sites for hydroxylation is 3. The Morgan fingerprint density at radius 2 is 1.58 bits per heavy atom. The molecule has 0 fully saturated rings. The van der Waals surface area contributed by atoms with Crippen molar-refractivity contribution in [2.45, 2.75) is 20.8 Å². The van der Waals surface area contributed by atoms with Crippen molar-refractivity contribution in [3.8, 4) is 0 Å². The van der Waals surface area contributed by atoms with Crippen molar-refractivity contribution in [3.05, 3.63) is 28.8 Å². The molecule has 0 amide bonds. The predicted octanol–water partition coefficient (Wildman–Crippen LogP) is -1.23. The standard InChI is InChI=1S/C9H18Si3/c1-6-4-7(2)9(11-12-10)8(3)5-6/h4-5H,11-12H2,1-3,10H3. The van der Waals surface area contributed by atoms with Gasteiger partial charge in [0, 0.05) is 9.04 Å². The maximum Gasteiger partial charge on any atom is 0.0396 e. The predicted molar refractivity (Wildman–Crippen MR) is 67.3 cm³/mol. The minimum Gasteiger partial charge on any atom is -0.0647 e. The molecule has 0 N–H and O–H groups in total. The zero-order chi connectivity index (χ0) is 9.14. The van der Waals surface area contributed by atoms with Crippen molar-refractivity contribution >= 4 is 32.5 Å². The van der Waals surface area contributed by atoms with E-state index in [0.29, 0.717) is 8.55 Å². The molecule has 0 heterocycles. The number of rotatable bonds is 2. The van der Waals surface area contributed by atoms with E-state index < -0.39 is 0 Å². The van der Waals surface area contributed by atoms with Gasteiger partial charge >= 0.3 is 0 Å². The van der Waals surface area contributed by atoms with E-state index >= 15 is 0 Å². The summed E-state index contributed by atoms with van der Waals surface area (Å²) in [6.07, 6.45) is 0. The molecule has 0 spiro atoms. The van der Waals surface area contributed by atoms with Crippen LogP contribution in [0, 0.1) is 20.8 Å². The third-order valence-corrected chi connectivity index (χ3v) is 12.0. The molecule has 0 aromatic heterocycles. The van der Waals surface area contributed by atoms with Crippen LogP contribution in [0.25, 0.3) is 0 Å². The van der Waals surface area contributed by atoms with Crippen LogP contribution in [-0.4, -0.2) is 27.4 Å². The maximum atomic E-state index is 2.35. The topological polar surface area (TPSA) is 0 Å². The lowest BCUT2D eigenvalue weighted by molar-refractivity contribution is 1.35. The molecule has 66 valence electrons. The second-order valence-electron chi connectivity index (χ2n) is 3.63. The summed E-state index contributed by atoms with van der Waals surface area (Å²) in [7, 11) is 2.18. The summed E-state index contributed by atoms with van der Waals surface area (Å²) >= 11 is 0. The summed E-state index contributed by atoms with van der Waals surface area (Å²) in [5.74, 6) is 0. The molecule has 0 atom stereocenters. The van der Waals surface area contributed by atoms with Crippen molar-refractivity contribution in [2.24, 2.45) is 0 Å². The monoisotopic (exact) mass is 210 g/mol. The van der Waals surface area contributed by atoms with Crippen LogP contribution in [0.3, 0.4) is 0 Å². The average molecular weight is 211 g/mol. The highest BCUT2D eigenvalue weighted by atomic mass is 29.5. The van der Waals surface area contributed by atoms with Gasteiger partial charge in [0.15, 0.2) is 0 Å². The molecule has 0 saturated heterocycles. The van der Waals surface area contributed by atoms with Gasteiger partial charge in [-0.15, -0.1) is 0 Å². The van der Waals surface area contributed by atoms with E-state index in [-0.39, 0.29) is 9.04 Å². The first-order valence-corrected chi connectivity index (χ1v) is 15.1. The van der Waals surface area contributed by atoms with Crippen molar-refractivity contribution in [1.82, 2.24) is 0 Å². The molecule has 0 aliphatic rings. The van der Waals surface area contributed by atoms with Crippen LogP contribution >= 0.6 is 0 Å². The Labute approximate surface area is 82.4 Å². The van der Waals surface area contributed by atoms with Gasteiger partial charge in [-0.1, -0.05) is 34.0 Å². The summed E-state index contributed by atoms with van der Waals surface area (Å²) < 4.78 is 0. The Hall–Kier alpha value is -0.129. The van der Waals surface area contributed by atoms with Gasteiger partial charge in [0.25, 0.3) is 0 Å². The molecule has 1 aromatic carbocycles. The van der Waals surface area contributed by atoms with Gasteiger partial charge in [-0.3, -0.25) is 0 Å². The van der Waals surface area contributed by atoms with Gasteiger partial charge in [0.1, 0.15) is 0 Å². The first-order valence-electron chi connectivity index (χ1n) is 4.72. The highest BCUT2D eigenvalue weighted by Crippen LogP contribution is 2.04. The Balaban J connectivity index is 3.10. The SMILES string of the molecule is Cc1cc(C)c([SiH2][SiH2][SiH3])c(C)c1. The second kappa shape index (κ2) is 4.20. The lowest BCUT2D eigenvalue weighted by Gasteiger charge is -2.09. The van der Waals surface area contributed by atoms with Crippen LogP contribution < -0.4 is 5.19 Å². The lowest BCUT2D eigenvalue weighted by Crippen LogP contribution is -2.26. The molecule has 1 aromatic rings. The van der Waals surface area contributed by atoms with E-state index in [1.807, 2.05) is 0 Å². The summed E-state index contributed by atoms with van der Waals surface area (Å²) in [5, 5.41) is 1.78.